The van der Waals surface area contributed by atoms with E-state index in [0.29, 0.717) is 0 Å². The Morgan fingerprint density at radius 2 is 0.333 bits per heavy atom. The zero-order valence-electron chi connectivity index (χ0n) is 3.83. The second-order valence-electron chi connectivity index (χ2n) is 0. The standard InChI is InChI=1S/2Bi.5O.2V/q;;5*-2;;. The summed E-state index contributed by atoms with van der Waals surface area (Å²) in [5, 5.41) is 0. The van der Waals surface area contributed by atoms with E-state index in [1.165, 1.54) is 0 Å². The molecule has 0 unspecified atom stereocenters. The first-order chi connectivity index (χ1) is 0. The van der Waals surface area contributed by atoms with Crippen LogP contribution in [0.15, 0.2) is 0 Å². The molecule has 0 atom stereocenters. The largest absolute Gasteiger partial charge is 2.00 e. The van der Waals surface area contributed by atoms with Crippen LogP contribution in [-0.4, -0.2) is 52.4 Å². The zero-order valence-corrected chi connectivity index (χ0v) is 13.6. The van der Waals surface area contributed by atoms with Crippen LogP contribution in [0.2, 0.25) is 0 Å². The second-order valence-corrected chi connectivity index (χ2v) is 0. The van der Waals surface area contributed by atoms with E-state index in [2.05, 4.69) is 0 Å². The molecule has 0 fully saturated rings. The SMILES string of the molecule is [Bi].[Bi].[O-2].[O-2].[O-2].[O-2].[O-2].[V].[V]. The van der Waals surface area contributed by atoms with Gasteiger partial charge in [-0.2, -0.15) is 0 Å². The Morgan fingerprint density at radius 3 is 0.333 bits per heavy atom. The number of hydrogen-bond acceptors (Lipinski definition) is 0. The topological polar surface area (TPSA) is 142 Å². The molecule has 9 heteroatoms. The Labute approximate surface area is 115 Å². The van der Waals surface area contributed by atoms with Crippen molar-refractivity contribution in [3.63, 3.8) is 0 Å². The van der Waals surface area contributed by atoms with Crippen LogP contribution in [0.25, 0.3) is 0 Å². The van der Waals surface area contributed by atoms with Crippen molar-refractivity contribution in [1.82, 2.24) is 0 Å². The van der Waals surface area contributed by atoms with Gasteiger partial charge in [0.05, 0.1) is 0 Å². The van der Waals surface area contributed by atoms with Crippen LogP contribution in [0.5, 0.6) is 0 Å². The van der Waals surface area contributed by atoms with Crippen LogP contribution < -0.4 is 0 Å². The molecule has 8 radical (unpaired) electrons. The van der Waals surface area contributed by atoms with Crippen molar-refractivity contribution in [1.29, 1.82) is 0 Å². The van der Waals surface area contributed by atoms with E-state index in [0.717, 1.165) is 0 Å². The fourth-order valence-corrected chi connectivity index (χ4v) is 0. The van der Waals surface area contributed by atoms with Gasteiger partial charge in [-0.15, -0.1) is 0 Å². The van der Waals surface area contributed by atoms with Crippen LogP contribution in [-0.2, 0) is 64.5 Å². The first-order valence-corrected chi connectivity index (χ1v) is 0. The van der Waals surface area contributed by atoms with Crippen LogP contribution >= 0.6 is 0 Å². The van der Waals surface area contributed by atoms with E-state index in [1.807, 2.05) is 0 Å². The van der Waals surface area contributed by atoms with Crippen molar-refractivity contribution < 1.29 is 64.5 Å². The van der Waals surface area contributed by atoms with Crippen molar-refractivity contribution in [2.24, 2.45) is 0 Å². The molecular formula is Bi2O5V2-10. The molecule has 0 aromatic rings. The van der Waals surface area contributed by atoms with Crippen LogP contribution in [0.1, 0.15) is 0 Å². The maximum Gasteiger partial charge on any atom is 0 e. The summed E-state index contributed by atoms with van der Waals surface area (Å²) in [5.41, 5.74) is 0. The third kappa shape index (κ3) is 109. The fraction of sp³-hybridized carbons (Fsp3) is 0. The molecule has 0 aromatic heterocycles. The van der Waals surface area contributed by atoms with E-state index in [9.17, 15) is 0 Å². The molecule has 60 valence electrons. The van der Waals surface area contributed by atoms with Gasteiger partial charge >= 0.3 is 0 Å². The molecule has 0 amide bonds. The number of rotatable bonds is 0. The van der Waals surface area contributed by atoms with Crippen LogP contribution in [0.3, 0.4) is 0 Å². The molecule has 0 aliphatic carbocycles. The molecule has 5 nitrogen and oxygen atoms in total. The van der Waals surface area contributed by atoms with E-state index in [-0.39, 0.29) is 117 Å². The summed E-state index contributed by atoms with van der Waals surface area (Å²) >= 11 is 0. The molecule has 0 aromatic carbocycles. The van der Waals surface area contributed by atoms with E-state index in [1.54, 1.807) is 0 Å². The van der Waals surface area contributed by atoms with E-state index < -0.39 is 0 Å². The summed E-state index contributed by atoms with van der Waals surface area (Å²) in [6.07, 6.45) is 0. The first kappa shape index (κ1) is 181. The molecule has 0 heterocycles. The van der Waals surface area contributed by atoms with Gasteiger partial charge in [0.15, 0.2) is 0 Å². The first-order valence-electron chi connectivity index (χ1n) is 0. The van der Waals surface area contributed by atoms with Crippen molar-refractivity contribution in [3.8, 4) is 0 Å². The van der Waals surface area contributed by atoms with Crippen molar-refractivity contribution in [2.75, 3.05) is 0 Å². The molecule has 0 N–H and O–H groups in total. The molecule has 0 saturated heterocycles. The van der Waals surface area contributed by atoms with Gasteiger partial charge in [0.2, 0.25) is 0 Å². The fourth-order valence-electron chi connectivity index (χ4n) is 0. The third-order valence-corrected chi connectivity index (χ3v) is 0. The maximum absolute atomic E-state index is 0. The predicted octanol–water partition coefficient (Wildman–Crippen LogP) is -1.36. The minimum atomic E-state index is 0. The second kappa shape index (κ2) is 136. The van der Waals surface area contributed by atoms with E-state index >= 15 is 0 Å². The Kier molecular flexibility index (Phi) is 2730. The Bertz CT molecular complexity index is 12.9. The van der Waals surface area contributed by atoms with Gasteiger partial charge in [-0.1, -0.05) is 0 Å². The van der Waals surface area contributed by atoms with E-state index in [4.69, 9.17) is 0 Å². The van der Waals surface area contributed by atoms with Gasteiger partial charge in [0.1, 0.15) is 0 Å². The third-order valence-electron chi connectivity index (χ3n) is 0. The minimum Gasteiger partial charge on any atom is -2.00 e. The van der Waals surface area contributed by atoms with Crippen LogP contribution in [0, 0.1) is 0 Å². The summed E-state index contributed by atoms with van der Waals surface area (Å²) < 4.78 is 0. The van der Waals surface area contributed by atoms with Crippen molar-refractivity contribution in [3.05, 3.63) is 0 Å². The summed E-state index contributed by atoms with van der Waals surface area (Å²) in [6.45, 7) is 0. The Hall–Kier alpha value is 2.74. The molecule has 0 aliphatic heterocycles. The van der Waals surface area contributed by atoms with Gasteiger partial charge in [-0.05, 0) is 0 Å². The smallest absolute Gasteiger partial charge is 0 e. The monoisotopic (exact) mass is 600 g/mol. The zero-order chi connectivity index (χ0) is 0. The van der Waals surface area contributed by atoms with Gasteiger partial charge in [0.25, 0.3) is 0 Å². The Morgan fingerprint density at radius 1 is 0.333 bits per heavy atom. The molecule has 9 heavy (non-hydrogen) atoms. The summed E-state index contributed by atoms with van der Waals surface area (Å²) in [4.78, 5) is 0. The Balaban J connectivity index is 0. The van der Waals surface area contributed by atoms with Crippen LogP contribution in [0.4, 0.5) is 0 Å². The van der Waals surface area contributed by atoms with Crippen molar-refractivity contribution >= 4 is 52.4 Å². The quantitative estimate of drug-likeness (QED) is 0.303. The summed E-state index contributed by atoms with van der Waals surface area (Å²) in [6, 6.07) is 0. The van der Waals surface area contributed by atoms with Gasteiger partial charge in [-0.3, -0.25) is 0 Å². The normalized spacial score (nSPS) is 0. The van der Waals surface area contributed by atoms with Gasteiger partial charge < -0.3 is 27.4 Å². The predicted molar refractivity (Wildman–Crippen MR) is 14.9 cm³/mol. The molecule has 0 saturated carbocycles. The molecule has 0 bridgehead atoms. The van der Waals surface area contributed by atoms with Gasteiger partial charge in [0, 0.05) is 89.5 Å². The van der Waals surface area contributed by atoms with Crippen molar-refractivity contribution in [2.45, 2.75) is 0 Å². The van der Waals surface area contributed by atoms with Gasteiger partial charge in [-0.25, -0.2) is 0 Å². The molecular weight excluding hydrogens is 600 g/mol. The average molecular weight is 600 g/mol. The maximum atomic E-state index is 0. The molecule has 0 spiro atoms. The molecule has 0 rings (SSSR count). The molecule has 0 aliphatic rings. The average Bonchev–Trinajstić information content (AvgIpc) is 0. The minimum absolute atomic E-state index is 0. The summed E-state index contributed by atoms with van der Waals surface area (Å²) in [5.74, 6) is 0. The summed E-state index contributed by atoms with van der Waals surface area (Å²) in [7, 11) is 0. The number of hydrogen-bond donors (Lipinski definition) is 0.